The Hall–Kier alpha value is -1.20. The summed E-state index contributed by atoms with van der Waals surface area (Å²) >= 11 is 0. The van der Waals surface area contributed by atoms with Crippen LogP contribution in [0.5, 0.6) is 0 Å². The lowest BCUT2D eigenvalue weighted by molar-refractivity contribution is 0.163. The Labute approximate surface area is 95.4 Å². The van der Waals surface area contributed by atoms with Gasteiger partial charge in [-0.25, -0.2) is 9.37 Å². The van der Waals surface area contributed by atoms with Gasteiger partial charge in [0, 0.05) is 32.9 Å². The van der Waals surface area contributed by atoms with Crippen LogP contribution < -0.4 is 5.32 Å². The molecule has 5 heteroatoms. The van der Waals surface area contributed by atoms with E-state index in [0.717, 1.165) is 13.1 Å². The molecule has 0 fully saturated rings. The summed E-state index contributed by atoms with van der Waals surface area (Å²) in [5.41, 5.74) is 0. The van der Waals surface area contributed by atoms with Crippen molar-refractivity contribution in [1.29, 1.82) is 0 Å². The molecule has 0 bridgehead atoms. The van der Waals surface area contributed by atoms with E-state index in [-0.39, 0.29) is 5.82 Å². The van der Waals surface area contributed by atoms with Gasteiger partial charge in [-0.15, -0.1) is 0 Å². The zero-order chi connectivity index (χ0) is 11.8. The third kappa shape index (κ3) is 4.55. The normalized spacial score (nSPS) is 10.8. The Morgan fingerprint density at radius 1 is 1.50 bits per heavy atom. The topological polar surface area (TPSA) is 37.4 Å². The maximum Gasteiger partial charge on any atom is 0.165 e. The van der Waals surface area contributed by atoms with Crippen LogP contribution in [0.15, 0.2) is 18.3 Å². The maximum absolute atomic E-state index is 13.2. The number of pyridine rings is 1. The summed E-state index contributed by atoms with van der Waals surface area (Å²) in [5.74, 6) is -0.00955. The van der Waals surface area contributed by atoms with Crippen molar-refractivity contribution >= 4 is 5.82 Å². The molecule has 0 aliphatic carbocycles. The number of anilines is 1. The minimum atomic E-state index is -0.318. The average molecular weight is 227 g/mol. The second-order valence-corrected chi connectivity index (χ2v) is 3.56. The van der Waals surface area contributed by atoms with E-state index in [1.165, 1.54) is 6.07 Å². The smallest absolute Gasteiger partial charge is 0.165 e. The molecule has 0 aromatic carbocycles. The number of halogens is 1. The van der Waals surface area contributed by atoms with Crippen LogP contribution in [0.25, 0.3) is 0 Å². The largest absolute Gasteiger partial charge is 0.383 e. The molecule has 0 saturated heterocycles. The van der Waals surface area contributed by atoms with E-state index in [4.69, 9.17) is 4.74 Å². The number of aromatic nitrogens is 1. The first-order chi connectivity index (χ1) is 7.74. The third-order valence-corrected chi connectivity index (χ3v) is 2.22. The number of nitrogens with zero attached hydrogens (tertiary/aromatic N) is 2. The minimum absolute atomic E-state index is 0.308. The Balaban J connectivity index is 2.23. The fourth-order valence-corrected chi connectivity index (χ4v) is 1.24. The molecule has 0 radical (unpaired) electrons. The number of rotatable bonds is 7. The molecular formula is C11H18FN3O. The molecule has 16 heavy (non-hydrogen) atoms. The third-order valence-electron chi connectivity index (χ3n) is 2.22. The minimum Gasteiger partial charge on any atom is -0.383 e. The summed E-state index contributed by atoms with van der Waals surface area (Å²) in [6.45, 7) is 3.05. The highest BCUT2D eigenvalue weighted by Crippen LogP contribution is 2.07. The first kappa shape index (κ1) is 12.9. The quantitative estimate of drug-likeness (QED) is 0.759. The van der Waals surface area contributed by atoms with Gasteiger partial charge in [0.25, 0.3) is 0 Å². The Morgan fingerprint density at radius 2 is 2.31 bits per heavy atom. The standard InChI is InChI=1S/C11H18FN3O/c1-15(8-9-16-2)7-6-14-11-10(12)4-3-5-13-11/h3-5H,6-9H2,1-2H3,(H,13,14). The van der Waals surface area contributed by atoms with Gasteiger partial charge >= 0.3 is 0 Å². The molecule has 90 valence electrons. The molecule has 1 aromatic heterocycles. The van der Waals surface area contributed by atoms with Crippen LogP contribution in [0, 0.1) is 5.82 Å². The second-order valence-electron chi connectivity index (χ2n) is 3.56. The SMILES string of the molecule is COCCN(C)CCNc1ncccc1F. The molecule has 1 rings (SSSR count). The van der Waals surface area contributed by atoms with Crippen LogP contribution in [-0.4, -0.2) is 50.3 Å². The molecule has 1 aromatic rings. The second kappa shape index (κ2) is 7.14. The number of methoxy groups -OCH3 is 1. The predicted molar refractivity (Wildman–Crippen MR) is 62.1 cm³/mol. The van der Waals surface area contributed by atoms with Crippen LogP contribution in [0.3, 0.4) is 0 Å². The molecular weight excluding hydrogens is 209 g/mol. The van der Waals surface area contributed by atoms with Crippen molar-refractivity contribution < 1.29 is 9.13 Å². The van der Waals surface area contributed by atoms with E-state index >= 15 is 0 Å². The van der Waals surface area contributed by atoms with Gasteiger partial charge in [0.05, 0.1) is 6.61 Å². The average Bonchev–Trinajstić information content (AvgIpc) is 2.29. The first-order valence-electron chi connectivity index (χ1n) is 5.26. The van der Waals surface area contributed by atoms with Crippen LogP contribution in [0.1, 0.15) is 0 Å². The van der Waals surface area contributed by atoms with Gasteiger partial charge in [0.15, 0.2) is 11.6 Å². The van der Waals surface area contributed by atoms with E-state index in [2.05, 4.69) is 15.2 Å². The van der Waals surface area contributed by atoms with Crippen LogP contribution in [-0.2, 0) is 4.74 Å². The van der Waals surface area contributed by atoms with Gasteiger partial charge in [0.2, 0.25) is 0 Å². The lowest BCUT2D eigenvalue weighted by Gasteiger charge is -2.16. The summed E-state index contributed by atoms with van der Waals surface area (Å²) in [5, 5.41) is 2.95. The van der Waals surface area contributed by atoms with Gasteiger partial charge in [-0.2, -0.15) is 0 Å². The van der Waals surface area contributed by atoms with E-state index in [9.17, 15) is 4.39 Å². The van der Waals surface area contributed by atoms with Crippen LogP contribution in [0.2, 0.25) is 0 Å². The summed E-state index contributed by atoms with van der Waals surface area (Å²) in [6, 6.07) is 2.97. The summed E-state index contributed by atoms with van der Waals surface area (Å²) in [6.07, 6.45) is 1.57. The van der Waals surface area contributed by atoms with Crippen molar-refractivity contribution in [2.75, 3.05) is 45.7 Å². The first-order valence-corrected chi connectivity index (χ1v) is 5.26. The van der Waals surface area contributed by atoms with Crippen LogP contribution >= 0.6 is 0 Å². The van der Waals surface area contributed by atoms with Gasteiger partial charge in [-0.3, -0.25) is 0 Å². The number of hydrogen-bond acceptors (Lipinski definition) is 4. The molecule has 1 heterocycles. The number of ether oxygens (including phenoxy) is 1. The summed E-state index contributed by atoms with van der Waals surface area (Å²) in [4.78, 5) is 6.02. The van der Waals surface area contributed by atoms with Crippen molar-refractivity contribution in [3.63, 3.8) is 0 Å². The Bertz CT molecular complexity index is 309. The molecule has 0 saturated carbocycles. The van der Waals surface area contributed by atoms with E-state index in [0.29, 0.717) is 19.0 Å². The van der Waals surface area contributed by atoms with E-state index in [1.54, 1.807) is 19.4 Å². The number of hydrogen-bond donors (Lipinski definition) is 1. The lowest BCUT2D eigenvalue weighted by atomic mass is 10.4. The van der Waals surface area contributed by atoms with Gasteiger partial charge in [-0.05, 0) is 19.2 Å². The van der Waals surface area contributed by atoms with Gasteiger partial charge in [-0.1, -0.05) is 0 Å². The number of likely N-dealkylation sites (N-methyl/N-ethyl adjacent to an activating group) is 1. The summed E-state index contributed by atoms with van der Waals surface area (Å²) in [7, 11) is 3.67. The Morgan fingerprint density at radius 3 is 3.00 bits per heavy atom. The highest BCUT2D eigenvalue weighted by Gasteiger charge is 2.02. The molecule has 0 amide bonds. The molecule has 4 nitrogen and oxygen atoms in total. The number of nitrogens with one attached hydrogen (secondary N) is 1. The molecule has 0 aliphatic rings. The molecule has 0 spiro atoms. The molecule has 0 aliphatic heterocycles. The van der Waals surface area contributed by atoms with Crippen molar-refractivity contribution in [2.24, 2.45) is 0 Å². The molecule has 0 atom stereocenters. The zero-order valence-electron chi connectivity index (χ0n) is 9.74. The van der Waals surface area contributed by atoms with Crippen molar-refractivity contribution in [1.82, 2.24) is 9.88 Å². The van der Waals surface area contributed by atoms with Crippen molar-refractivity contribution in [3.8, 4) is 0 Å². The van der Waals surface area contributed by atoms with Gasteiger partial charge < -0.3 is 15.0 Å². The monoisotopic (exact) mass is 227 g/mol. The lowest BCUT2D eigenvalue weighted by Crippen LogP contribution is -2.28. The summed E-state index contributed by atoms with van der Waals surface area (Å²) < 4.78 is 18.1. The maximum atomic E-state index is 13.2. The predicted octanol–water partition coefficient (Wildman–Crippen LogP) is 1.21. The van der Waals surface area contributed by atoms with Crippen molar-refractivity contribution in [2.45, 2.75) is 0 Å². The fourth-order valence-electron chi connectivity index (χ4n) is 1.24. The molecule has 1 N–H and O–H groups in total. The van der Waals surface area contributed by atoms with Crippen LogP contribution in [0.4, 0.5) is 10.2 Å². The van der Waals surface area contributed by atoms with Gasteiger partial charge in [0.1, 0.15) is 0 Å². The van der Waals surface area contributed by atoms with E-state index < -0.39 is 0 Å². The Kier molecular flexibility index (Phi) is 5.74. The molecule has 0 unspecified atom stereocenters. The van der Waals surface area contributed by atoms with Crippen molar-refractivity contribution in [3.05, 3.63) is 24.1 Å². The highest BCUT2D eigenvalue weighted by molar-refractivity contribution is 5.35. The highest BCUT2D eigenvalue weighted by atomic mass is 19.1. The fraction of sp³-hybridized carbons (Fsp3) is 0.545. The van der Waals surface area contributed by atoms with E-state index in [1.807, 2.05) is 7.05 Å². The zero-order valence-corrected chi connectivity index (χ0v) is 9.74.